The van der Waals surface area contributed by atoms with E-state index in [1.807, 2.05) is 25.7 Å². The van der Waals surface area contributed by atoms with E-state index < -0.39 is 9.84 Å². The minimum atomic E-state index is -3.00. The van der Waals surface area contributed by atoms with Crippen LogP contribution < -0.4 is 0 Å². The topological polar surface area (TPSA) is 74.8 Å². The summed E-state index contributed by atoms with van der Waals surface area (Å²) in [6.07, 6.45) is 3.62. The molecular formula is C18H32N2O4S. The molecule has 25 heavy (non-hydrogen) atoms. The monoisotopic (exact) mass is 372 g/mol. The first-order valence-corrected chi connectivity index (χ1v) is 11.4. The van der Waals surface area contributed by atoms with Gasteiger partial charge in [0.15, 0.2) is 9.84 Å². The number of amides is 2. The van der Waals surface area contributed by atoms with E-state index in [4.69, 9.17) is 0 Å². The number of likely N-dealkylation sites (tertiary alicyclic amines) is 1. The average Bonchev–Trinajstić information content (AvgIpc) is 2.96. The largest absolute Gasteiger partial charge is 0.342 e. The van der Waals surface area contributed by atoms with Crippen LogP contribution in [0.1, 0.15) is 52.9 Å². The van der Waals surface area contributed by atoms with Crippen molar-refractivity contribution in [1.82, 2.24) is 9.80 Å². The lowest BCUT2D eigenvalue weighted by Crippen LogP contribution is -2.48. The molecule has 2 saturated heterocycles. The van der Waals surface area contributed by atoms with Gasteiger partial charge in [0, 0.05) is 37.5 Å². The van der Waals surface area contributed by atoms with Crippen molar-refractivity contribution in [3.05, 3.63) is 0 Å². The molecule has 2 amide bonds. The second kappa shape index (κ2) is 8.52. The zero-order valence-electron chi connectivity index (χ0n) is 15.7. The summed E-state index contributed by atoms with van der Waals surface area (Å²) in [6.45, 7) is 7.80. The van der Waals surface area contributed by atoms with Crippen LogP contribution in [-0.4, -0.2) is 67.2 Å². The predicted molar refractivity (Wildman–Crippen MR) is 97.8 cm³/mol. The van der Waals surface area contributed by atoms with Gasteiger partial charge in [-0.3, -0.25) is 9.59 Å². The fourth-order valence-corrected chi connectivity index (χ4v) is 5.82. The van der Waals surface area contributed by atoms with E-state index in [1.165, 1.54) is 0 Å². The normalized spacial score (nSPS) is 23.8. The average molecular weight is 373 g/mol. The molecule has 1 unspecified atom stereocenters. The third-order valence-corrected chi connectivity index (χ3v) is 7.51. The van der Waals surface area contributed by atoms with Crippen molar-refractivity contribution in [3.63, 3.8) is 0 Å². The minimum absolute atomic E-state index is 0.0687. The SMILES string of the molecule is CCC(CC)C(=O)N1CCC(C(=O)N(CC)C2CCS(=O)(=O)C2)CC1. The Labute approximate surface area is 151 Å². The van der Waals surface area contributed by atoms with Crippen LogP contribution in [0.3, 0.4) is 0 Å². The summed E-state index contributed by atoms with van der Waals surface area (Å²) in [7, 11) is -3.00. The van der Waals surface area contributed by atoms with Crippen LogP contribution in [0.4, 0.5) is 0 Å². The molecule has 0 spiro atoms. The second-order valence-electron chi connectivity index (χ2n) is 7.29. The molecule has 0 N–H and O–H groups in total. The molecule has 2 fully saturated rings. The molecule has 1 atom stereocenters. The Kier molecular flexibility index (Phi) is 6.88. The van der Waals surface area contributed by atoms with Gasteiger partial charge in [0.05, 0.1) is 11.5 Å². The van der Waals surface area contributed by atoms with E-state index in [1.54, 1.807) is 4.90 Å². The van der Waals surface area contributed by atoms with Crippen molar-refractivity contribution >= 4 is 21.7 Å². The van der Waals surface area contributed by atoms with Crippen molar-refractivity contribution in [3.8, 4) is 0 Å². The number of hydrogen-bond donors (Lipinski definition) is 0. The number of hydrogen-bond acceptors (Lipinski definition) is 4. The highest BCUT2D eigenvalue weighted by Gasteiger charge is 2.37. The zero-order chi connectivity index (χ0) is 18.6. The molecule has 6 nitrogen and oxygen atoms in total. The van der Waals surface area contributed by atoms with Crippen LogP contribution in [-0.2, 0) is 19.4 Å². The fourth-order valence-electron chi connectivity index (χ4n) is 4.09. The maximum atomic E-state index is 12.9. The van der Waals surface area contributed by atoms with Crippen LogP contribution in [0.2, 0.25) is 0 Å². The quantitative estimate of drug-likeness (QED) is 0.711. The summed E-state index contributed by atoms with van der Waals surface area (Å²) in [5.41, 5.74) is 0. The highest BCUT2D eigenvalue weighted by molar-refractivity contribution is 7.91. The summed E-state index contributed by atoms with van der Waals surface area (Å²) < 4.78 is 23.4. The van der Waals surface area contributed by atoms with Gasteiger partial charge in [-0.05, 0) is 39.0 Å². The van der Waals surface area contributed by atoms with Crippen molar-refractivity contribution < 1.29 is 18.0 Å². The Morgan fingerprint density at radius 2 is 1.68 bits per heavy atom. The first-order chi connectivity index (χ1) is 11.8. The summed E-state index contributed by atoms with van der Waals surface area (Å²) in [5.74, 6) is 0.559. The van der Waals surface area contributed by atoms with Crippen LogP contribution in [0.5, 0.6) is 0 Å². The van der Waals surface area contributed by atoms with Crippen molar-refractivity contribution in [2.45, 2.75) is 58.9 Å². The molecule has 144 valence electrons. The molecule has 2 aliphatic rings. The molecule has 0 aromatic heterocycles. The number of carbonyl (C=O) groups excluding carboxylic acids is 2. The van der Waals surface area contributed by atoms with E-state index in [0.29, 0.717) is 38.9 Å². The van der Waals surface area contributed by atoms with Gasteiger partial charge in [-0.25, -0.2) is 8.42 Å². The van der Waals surface area contributed by atoms with Crippen LogP contribution in [0.25, 0.3) is 0 Å². The summed E-state index contributed by atoms with van der Waals surface area (Å²) in [5, 5.41) is 0. The standard InChI is InChI=1S/C18H32N2O4S/c1-4-14(5-2)17(21)19-10-7-15(8-11-19)18(22)20(6-3)16-9-12-25(23,24)13-16/h14-16H,4-13H2,1-3H3. The third kappa shape index (κ3) is 4.74. The van der Waals surface area contributed by atoms with E-state index >= 15 is 0 Å². The van der Waals surface area contributed by atoms with Crippen molar-refractivity contribution in [2.24, 2.45) is 11.8 Å². The number of carbonyl (C=O) groups is 2. The van der Waals surface area contributed by atoms with Crippen molar-refractivity contribution in [1.29, 1.82) is 0 Å². The highest BCUT2D eigenvalue weighted by atomic mass is 32.2. The van der Waals surface area contributed by atoms with Gasteiger partial charge in [0.25, 0.3) is 0 Å². The number of sulfone groups is 1. The first kappa shape index (κ1) is 20.2. The lowest BCUT2D eigenvalue weighted by atomic mass is 9.92. The summed E-state index contributed by atoms with van der Waals surface area (Å²) >= 11 is 0. The van der Waals surface area contributed by atoms with Gasteiger partial charge < -0.3 is 9.80 Å². The van der Waals surface area contributed by atoms with E-state index in [-0.39, 0.29) is 41.2 Å². The summed E-state index contributed by atoms with van der Waals surface area (Å²) in [6, 6.07) is -0.174. The van der Waals surface area contributed by atoms with Crippen LogP contribution in [0.15, 0.2) is 0 Å². The fraction of sp³-hybridized carbons (Fsp3) is 0.889. The number of nitrogens with zero attached hydrogens (tertiary/aromatic N) is 2. The minimum Gasteiger partial charge on any atom is -0.342 e. The van der Waals surface area contributed by atoms with E-state index in [9.17, 15) is 18.0 Å². The molecule has 0 bridgehead atoms. The Morgan fingerprint density at radius 3 is 2.12 bits per heavy atom. The van der Waals surface area contributed by atoms with Crippen molar-refractivity contribution in [2.75, 3.05) is 31.1 Å². The molecular weight excluding hydrogens is 340 g/mol. The van der Waals surface area contributed by atoms with Gasteiger partial charge >= 0.3 is 0 Å². The van der Waals surface area contributed by atoms with Gasteiger partial charge in [0.2, 0.25) is 11.8 Å². The predicted octanol–water partition coefficient (Wildman–Crippen LogP) is 1.70. The molecule has 0 aromatic rings. The molecule has 0 radical (unpaired) electrons. The molecule has 7 heteroatoms. The lowest BCUT2D eigenvalue weighted by Gasteiger charge is -2.37. The zero-order valence-corrected chi connectivity index (χ0v) is 16.6. The smallest absolute Gasteiger partial charge is 0.226 e. The first-order valence-electron chi connectivity index (χ1n) is 9.62. The Hall–Kier alpha value is -1.11. The molecule has 0 saturated carbocycles. The van der Waals surface area contributed by atoms with E-state index in [0.717, 1.165) is 12.8 Å². The molecule has 0 aliphatic carbocycles. The van der Waals surface area contributed by atoms with Gasteiger partial charge in [-0.2, -0.15) is 0 Å². The molecule has 2 heterocycles. The molecule has 2 aliphatic heterocycles. The lowest BCUT2D eigenvalue weighted by molar-refractivity contribution is -0.143. The van der Waals surface area contributed by atoms with Crippen LogP contribution in [0, 0.1) is 11.8 Å². The van der Waals surface area contributed by atoms with E-state index in [2.05, 4.69) is 0 Å². The van der Waals surface area contributed by atoms with Gasteiger partial charge in [-0.1, -0.05) is 13.8 Å². The number of piperidine rings is 1. The summed E-state index contributed by atoms with van der Waals surface area (Å²) in [4.78, 5) is 29.0. The maximum Gasteiger partial charge on any atom is 0.226 e. The Balaban J connectivity index is 1.93. The van der Waals surface area contributed by atoms with Gasteiger partial charge in [-0.15, -0.1) is 0 Å². The number of rotatable bonds is 6. The molecule has 2 rings (SSSR count). The Bertz CT molecular complexity index is 578. The maximum absolute atomic E-state index is 12.9. The van der Waals surface area contributed by atoms with Crippen LogP contribution >= 0.6 is 0 Å². The molecule has 0 aromatic carbocycles. The third-order valence-electron chi connectivity index (χ3n) is 5.76. The Morgan fingerprint density at radius 1 is 1.08 bits per heavy atom. The highest BCUT2D eigenvalue weighted by Crippen LogP contribution is 2.25. The second-order valence-corrected chi connectivity index (χ2v) is 9.52. The van der Waals surface area contributed by atoms with Gasteiger partial charge in [0.1, 0.15) is 0 Å².